The molecule has 1 heterocycles. The highest BCUT2D eigenvalue weighted by atomic mass is 14.7. The minimum absolute atomic E-state index is 0.600. The van der Waals surface area contributed by atoms with Crippen molar-refractivity contribution in [2.45, 2.75) is 0 Å². The molecule has 3 nitrogen and oxygen atoms in total. The Bertz CT molecular complexity index is 952. The van der Waals surface area contributed by atoms with Crippen molar-refractivity contribution < 1.29 is 0 Å². The molecule has 0 aliphatic rings. The summed E-state index contributed by atoms with van der Waals surface area (Å²) in [5.41, 5.74) is 17.2. The molecule has 106 valence electrons. The fourth-order valence-corrected chi connectivity index (χ4v) is 2.88. The van der Waals surface area contributed by atoms with Crippen molar-refractivity contribution in [2.24, 2.45) is 0 Å². The summed E-state index contributed by atoms with van der Waals surface area (Å²) in [4.78, 5) is 4.75. The molecular weight excluding hydrogens is 270 g/mol. The maximum Gasteiger partial charge on any atom is 0.0715 e. The summed E-state index contributed by atoms with van der Waals surface area (Å²) in [7, 11) is 0. The van der Waals surface area contributed by atoms with E-state index in [1.165, 1.54) is 0 Å². The Labute approximate surface area is 128 Å². The first kappa shape index (κ1) is 12.7. The number of anilines is 2. The topological polar surface area (TPSA) is 64.9 Å². The quantitative estimate of drug-likeness (QED) is 0.406. The third-order valence-electron chi connectivity index (χ3n) is 3.96. The van der Waals surface area contributed by atoms with Crippen molar-refractivity contribution in [1.82, 2.24) is 4.98 Å². The van der Waals surface area contributed by atoms with Gasteiger partial charge in [-0.2, -0.15) is 0 Å². The predicted octanol–water partition coefficient (Wildman–Crippen LogP) is 4.22. The highest BCUT2D eigenvalue weighted by molar-refractivity contribution is 6.09. The van der Waals surface area contributed by atoms with Gasteiger partial charge >= 0.3 is 0 Å². The minimum atomic E-state index is 0.600. The molecule has 0 spiro atoms. The molecule has 0 saturated carbocycles. The first-order valence-corrected chi connectivity index (χ1v) is 7.17. The van der Waals surface area contributed by atoms with E-state index in [0.717, 1.165) is 32.9 Å². The van der Waals surface area contributed by atoms with Gasteiger partial charge in [0.2, 0.25) is 0 Å². The number of nitrogens with two attached hydrogens (primary N) is 2. The number of nitrogen functional groups attached to an aromatic ring is 2. The number of fused-ring (bicyclic) bond motifs is 2. The highest BCUT2D eigenvalue weighted by Crippen LogP contribution is 2.36. The lowest BCUT2D eigenvalue weighted by atomic mass is 9.95. The molecule has 0 saturated heterocycles. The van der Waals surface area contributed by atoms with Crippen LogP contribution in [0.3, 0.4) is 0 Å². The number of rotatable bonds is 1. The Balaban J connectivity index is 2.18. The van der Waals surface area contributed by atoms with Crippen molar-refractivity contribution in [1.29, 1.82) is 0 Å². The summed E-state index contributed by atoms with van der Waals surface area (Å²) < 4.78 is 0. The molecule has 3 aromatic carbocycles. The number of nitrogens with zero attached hydrogens (tertiary/aromatic N) is 1. The lowest BCUT2D eigenvalue weighted by molar-refractivity contribution is 1.49. The number of benzene rings is 3. The largest absolute Gasteiger partial charge is 0.397 e. The van der Waals surface area contributed by atoms with Gasteiger partial charge in [-0.25, -0.2) is 4.98 Å². The van der Waals surface area contributed by atoms with E-state index in [1.54, 1.807) is 0 Å². The van der Waals surface area contributed by atoms with E-state index in [4.69, 9.17) is 16.5 Å². The van der Waals surface area contributed by atoms with E-state index in [9.17, 15) is 0 Å². The van der Waals surface area contributed by atoms with Crippen molar-refractivity contribution in [2.75, 3.05) is 11.5 Å². The normalized spacial score (nSPS) is 11.1. The Hall–Kier alpha value is -3.07. The Morgan fingerprint density at radius 2 is 1.23 bits per heavy atom. The van der Waals surface area contributed by atoms with Crippen LogP contribution < -0.4 is 11.5 Å². The van der Waals surface area contributed by atoms with Gasteiger partial charge < -0.3 is 11.5 Å². The molecule has 22 heavy (non-hydrogen) atoms. The average Bonchev–Trinajstić information content (AvgIpc) is 2.55. The van der Waals surface area contributed by atoms with Crippen LogP contribution in [0.1, 0.15) is 0 Å². The van der Waals surface area contributed by atoms with Gasteiger partial charge in [-0.3, -0.25) is 0 Å². The fourth-order valence-electron chi connectivity index (χ4n) is 2.88. The molecule has 0 radical (unpaired) electrons. The predicted molar refractivity (Wildman–Crippen MR) is 93.5 cm³/mol. The minimum Gasteiger partial charge on any atom is -0.397 e. The summed E-state index contributed by atoms with van der Waals surface area (Å²) >= 11 is 0. The lowest BCUT2D eigenvalue weighted by Gasteiger charge is -2.12. The molecule has 0 aliphatic carbocycles. The van der Waals surface area contributed by atoms with Crippen molar-refractivity contribution in [3.8, 4) is 11.1 Å². The molecule has 0 aliphatic heterocycles. The van der Waals surface area contributed by atoms with Gasteiger partial charge in [-0.15, -0.1) is 0 Å². The summed E-state index contributed by atoms with van der Waals surface area (Å²) in [6, 6.07) is 22.1. The smallest absolute Gasteiger partial charge is 0.0715 e. The van der Waals surface area contributed by atoms with E-state index in [2.05, 4.69) is 12.1 Å². The summed E-state index contributed by atoms with van der Waals surface area (Å²) in [6.07, 6.45) is 0. The van der Waals surface area contributed by atoms with E-state index < -0.39 is 0 Å². The number of aromatic nitrogens is 1. The molecule has 4 N–H and O–H groups in total. The fraction of sp³-hybridized carbons (Fsp3) is 0. The van der Waals surface area contributed by atoms with Crippen LogP contribution in [0.25, 0.3) is 32.9 Å². The molecule has 4 aromatic rings. The molecule has 0 amide bonds. The van der Waals surface area contributed by atoms with Crippen LogP contribution in [0.2, 0.25) is 0 Å². The zero-order valence-corrected chi connectivity index (χ0v) is 12.0. The van der Waals surface area contributed by atoms with E-state index in [1.807, 2.05) is 54.6 Å². The first-order chi connectivity index (χ1) is 10.7. The van der Waals surface area contributed by atoms with E-state index in [-0.39, 0.29) is 0 Å². The van der Waals surface area contributed by atoms with Gasteiger partial charge in [-0.1, -0.05) is 42.5 Å². The monoisotopic (exact) mass is 285 g/mol. The number of pyridine rings is 1. The molecule has 0 fully saturated rings. The number of hydrogen-bond donors (Lipinski definition) is 2. The highest BCUT2D eigenvalue weighted by Gasteiger charge is 2.11. The van der Waals surface area contributed by atoms with Gasteiger partial charge in [0.25, 0.3) is 0 Å². The molecule has 4 rings (SSSR count). The summed E-state index contributed by atoms with van der Waals surface area (Å²) in [5, 5.41) is 2.23. The van der Waals surface area contributed by atoms with Gasteiger partial charge in [0.05, 0.1) is 22.4 Å². The maximum atomic E-state index is 6.01. The molecule has 1 aromatic heterocycles. The summed E-state index contributed by atoms with van der Waals surface area (Å²) in [5.74, 6) is 0. The molecule has 0 unspecified atom stereocenters. The van der Waals surface area contributed by atoms with E-state index >= 15 is 0 Å². The van der Waals surface area contributed by atoms with Crippen LogP contribution in [-0.2, 0) is 0 Å². The third-order valence-corrected chi connectivity index (χ3v) is 3.96. The van der Waals surface area contributed by atoms with Crippen LogP contribution in [0, 0.1) is 0 Å². The van der Waals surface area contributed by atoms with Gasteiger partial charge in [0.1, 0.15) is 0 Å². The Morgan fingerprint density at radius 3 is 1.82 bits per heavy atom. The maximum absolute atomic E-state index is 6.01. The molecule has 0 atom stereocenters. The zero-order chi connectivity index (χ0) is 15.1. The third kappa shape index (κ3) is 1.87. The van der Waals surface area contributed by atoms with Crippen LogP contribution in [0.15, 0.2) is 66.7 Å². The number of hydrogen-bond acceptors (Lipinski definition) is 3. The standard InChI is InChI=1S/C19H15N3/c20-15-10-9-12(11-16(15)21)19-13-5-1-3-7-17(13)22-18-8-4-2-6-14(18)19/h1-11H,20-21H2. The Morgan fingerprint density at radius 1 is 0.636 bits per heavy atom. The van der Waals surface area contributed by atoms with Crippen molar-refractivity contribution in [3.05, 3.63) is 66.7 Å². The van der Waals surface area contributed by atoms with Gasteiger partial charge in [-0.05, 0) is 29.8 Å². The number of para-hydroxylation sites is 2. The second-order valence-corrected chi connectivity index (χ2v) is 5.36. The van der Waals surface area contributed by atoms with Crippen LogP contribution >= 0.6 is 0 Å². The van der Waals surface area contributed by atoms with Gasteiger partial charge in [0, 0.05) is 16.3 Å². The van der Waals surface area contributed by atoms with Crippen molar-refractivity contribution in [3.63, 3.8) is 0 Å². The second-order valence-electron chi connectivity index (χ2n) is 5.36. The lowest BCUT2D eigenvalue weighted by Crippen LogP contribution is -1.95. The van der Waals surface area contributed by atoms with Crippen LogP contribution in [-0.4, -0.2) is 4.98 Å². The van der Waals surface area contributed by atoms with Gasteiger partial charge in [0.15, 0.2) is 0 Å². The molecule has 3 heteroatoms. The second kappa shape index (κ2) is 4.74. The van der Waals surface area contributed by atoms with Crippen LogP contribution in [0.4, 0.5) is 11.4 Å². The SMILES string of the molecule is Nc1ccc(-c2c3ccccc3nc3ccccc23)cc1N. The molecular formula is C19H15N3. The first-order valence-electron chi connectivity index (χ1n) is 7.17. The molecule has 0 bridgehead atoms. The summed E-state index contributed by atoms with van der Waals surface area (Å²) in [6.45, 7) is 0. The van der Waals surface area contributed by atoms with Crippen molar-refractivity contribution >= 4 is 33.2 Å². The average molecular weight is 285 g/mol. The van der Waals surface area contributed by atoms with Crippen LogP contribution in [0.5, 0.6) is 0 Å². The zero-order valence-electron chi connectivity index (χ0n) is 12.0. The van der Waals surface area contributed by atoms with E-state index in [0.29, 0.717) is 11.4 Å². The Kier molecular flexibility index (Phi) is 2.73.